The number of carbonyl (C=O) groups is 1. The number of pyridine rings is 1. The first-order valence-electron chi connectivity index (χ1n) is 6.41. The summed E-state index contributed by atoms with van der Waals surface area (Å²) in [6, 6.07) is 15.6. The molecular formula is C17H14N2O. The zero-order chi connectivity index (χ0) is 14.1. The van der Waals surface area contributed by atoms with Crippen molar-refractivity contribution in [1.29, 1.82) is 0 Å². The third-order valence-electron chi connectivity index (χ3n) is 3.46. The van der Waals surface area contributed by atoms with E-state index < -0.39 is 5.91 Å². The molecular weight excluding hydrogens is 248 g/mol. The Morgan fingerprint density at radius 1 is 1.05 bits per heavy atom. The summed E-state index contributed by atoms with van der Waals surface area (Å²) in [6.45, 7) is 2.08. The molecule has 20 heavy (non-hydrogen) atoms. The number of nitrogens with two attached hydrogens (primary N) is 1. The van der Waals surface area contributed by atoms with Crippen molar-refractivity contribution in [3.05, 3.63) is 65.9 Å². The maximum atomic E-state index is 11.2. The molecule has 1 heterocycles. The Labute approximate surface area is 117 Å². The van der Waals surface area contributed by atoms with Crippen LogP contribution in [0.1, 0.15) is 15.9 Å². The molecule has 3 heteroatoms. The Balaban J connectivity index is 2.28. The maximum absolute atomic E-state index is 11.2. The Kier molecular flexibility index (Phi) is 2.95. The standard InChI is InChI=1S/C17H14N2O/c1-11-4-2-3-5-13(11)14-8-9-19-16-10-12(17(18)20)6-7-15(14)16/h2-10H,1H3,(H2,18,20). The van der Waals surface area contributed by atoms with Crippen LogP contribution < -0.4 is 5.73 Å². The number of aromatic nitrogens is 1. The van der Waals surface area contributed by atoms with Crippen LogP contribution in [0.5, 0.6) is 0 Å². The van der Waals surface area contributed by atoms with Gasteiger partial charge in [0.05, 0.1) is 5.52 Å². The molecule has 3 rings (SSSR count). The maximum Gasteiger partial charge on any atom is 0.248 e. The molecule has 0 radical (unpaired) electrons. The molecule has 2 N–H and O–H groups in total. The van der Waals surface area contributed by atoms with Gasteiger partial charge in [-0.2, -0.15) is 0 Å². The molecule has 3 aromatic rings. The van der Waals surface area contributed by atoms with Crippen molar-refractivity contribution in [2.45, 2.75) is 6.92 Å². The van der Waals surface area contributed by atoms with E-state index in [4.69, 9.17) is 5.73 Å². The predicted octanol–water partition coefficient (Wildman–Crippen LogP) is 3.31. The van der Waals surface area contributed by atoms with Gasteiger partial charge in [0.15, 0.2) is 0 Å². The van der Waals surface area contributed by atoms with Gasteiger partial charge in [0.25, 0.3) is 0 Å². The lowest BCUT2D eigenvalue weighted by Gasteiger charge is -2.09. The number of primary amides is 1. The molecule has 0 fully saturated rings. The SMILES string of the molecule is Cc1ccccc1-c1ccnc2cc(C(N)=O)ccc12. The number of amides is 1. The van der Waals surface area contributed by atoms with Crippen molar-refractivity contribution in [1.82, 2.24) is 4.98 Å². The van der Waals surface area contributed by atoms with Gasteiger partial charge in [0.1, 0.15) is 0 Å². The molecule has 0 aliphatic rings. The number of nitrogens with zero attached hydrogens (tertiary/aromatic N) is 1. The van der Waals surface area contributed by atoms with E-state index in [0.29, 0.717) is 5.56 Å². The molecule has 0 bridgehead atoms. The van der Waals surface area contributed by atoms with Crippen LogP contribution in [-0.2, 0) is 0 Å². The topological polar surface area (TPSA) is 56.0 Å². The monoisotopic (exact) mass is 262 g/mol. The summed E-state index contributed by atoms with van der Waals surface area (Å²) in [6.07, 6.45) is 1.76. The minimum Gasteiger partial charge on any atom is -0.366 e. The van der Waals surface area contributed by atoms with E-state index in [0.717, 1.165) is 16.5 Å². The van der Waals surface area contributed by atoms with E-state index in [1.165, 1.54) is 11.1 Å². The van der Waals surface area contributed by atoms with Gasteiger partial charge in [-0.05, 0) is 41.8 Å². The third kappa shape index (κ3) is 2.03. The highest BCUT2D eigenvalue weighted by atomic mass is 16.1. The summed E-state index contributed by atoms with van der Waals surface area (Å²) >= 11 is 0. The summed E-state index contributed by atoms with van der Waals surface area (Å²) in [7, 11) is 0. The van der Waals surface area contributed by atoms with Crippen LogP contribution in [0.25, 0.3) is 22.0 Å². The summed E-state index contributed by atoms with van der Waals surface area (Å²) in [5, 5.41) is 1.02. The van der Waals surface area contributed by atoms with E-state index in [9.17, 15) is 4.79 Å². The summed E-state index contributed by atoms with van der Waals surface area (Å²) < 4.78 is 0. The fraction of sp³-hybridized carbons (Fsp3) is 0.0588. The van der Waals surface area contributed by atoms with Gasteiger partial charge in [0.2, 0.25) is 5.91 Å². The lowest BCUT2D eigenvalue weighted by atomic mass is 9.97. The molecule has 1 amide bonds. The highest BCUT2D eigenvalue weighted by Gasteiger charge is 2.08. The molecule has 0 saturated heterocycles. The van der Waals surface area contributed by atoms with E-state index in [1.807, 2.05) is 24.3 Å². The number of hydrogen-bond donors (Lipinski definition) is 1. The zero-order valence-electron chi connectivity index (χ0n) is 11.1. The Hall–Kier alpha value is -2.68. The molecule has 0 atom stereocenters. The summed E-state index contributed by atoms with van der Waals surface area (Å²) in [5.41, 5.74) is 10.1. The summed E-state index contributed by atoms with van der Waals surface area (Å²) in [5.74, 6) is -0.435. The van der Waals surface area contributed by atoms with Crippen molar-refractivity contribution in [3.63, 3.8) is 0 Å². The predicted molar refractivity (Wildman–Crippen MR) is 80.4 cm³/mol. The van der Waals surface area contributed by atoms with Crippen LogP contribution in [0.2, 0.25) is 0 Å². The normalized spacial score (nSPS) is 10.7. The van der Waals surface area contributed by atoms with Crippen LogP contribution in [0, 0.1) is 6.92 Å². The van der Waals surface area contributed by atoms with Gasteiger partial charge in [-0.3, -0.25) is 9.78 Å². The van der Waals surface area contributed by atoms with Gasteiger partial charge in [0, 0.05) is 17.1 Å². The molecule has 0 saturated carbocycles. The van der Waals surface area contributed by atoms with Crippen molar-refractivity contribution in [2.75, 3.05) is 0 Å². The van der Waals surface area contributed by atoms with Crippen molar-refractivity contribution >= 4 is 16.8 Å². The van der Waals surface area contributed by atoms with E-state index in [2.05, 4.69) is 24.0 Å². The minimum absolute atomic E-state index is 0.435. The summed E-state index contributed by atoms with van der Waals surface area (Å²) in [4.78, 5) is 15.6. The second-order valence-electron chi connectivity index (χ2n) is 4.77. The van der Waals surface area contributed by atoms with Crippen LogP contribution >= 0.6 is 0 Å². The van der Waals surface area contributed by atoms with Crippen LogP contribution in [-0.4, -0.2) is 10.9 Å². The fourth-order valence-corrected chi connectivity index (χ4v) is 2.41. The largest absolute Gasteiger partial charge is 0.366 e. The number of fused-ring (bicyclic) bond motifs is 1. The zero-order valence-corrected chi connectivity index (χ0v) is 11.1. The molecule has 0 aliphatic carbocycles. The van der Waals surface area contributed by atoms with Crippen molar-refractivity contribution in [3.8, 4) is 11.1 Å². The Morgan fingerprint density at radius 2 is 1.85 bits per heavy atom. The van der Waals surface area contributed by atoms with E-state index in [1.54, 1.807) is 18.3 Å². The third-order valence-corrected chi connectivity index (χ3v) is 3.46. The Bertz CT molecular complexity index is 809. The van der Waals surface area contributed by atoms with Gasteiger partial charge >= 0.3 is 0 Å². The van der Waals surface area contributed by atoms with Gasteiger partial charge in [-0.1, -0.05) is 30.3 Å². The second kappa shape index (κ2) is 4.78. The second-order valence-corrected chi connectivity index (χ2v) is 4.77. The average Bonchev–Trinajstić information content (AvgIpc) is 2.46. The molecule has 0 unspecified atom stereocenters. The first kappa shape index (κ1) is 12.4. The van der Waals surface area contributed by atoms with Gasteiger partial charge in [-0.15, -0.1) is 0 Å². The number of hydrogen-bond acceptors (Lipinski definition) is 2. The van der Waals surface area contributed by atoms with E-state index >= 15 is 0 Å². The molecule has 3 nitrogen and oxygen atoms in total. The van der Waals surface area contributed by atoms with Crippen LogP contribution in [0.3, 0.4) is 0 Å². The number of rotatable bonds is 2. The lowest BCUT2D eigenvalue weighted by molar-refractivity contribution is 0.100. The number of carbonyl (C=O) groups excluding carboxylic acids is 1. The number of aryl methyl sites for hydroxylation is 1. The van der Waals surface area contributed by atoms with Gasteiger partial charge in [-0.25, -0.2) is 0 Å². The van der Waals surface area contributed by atoms with Crippen LogP contribution in [0.15, 0.2) is 54.7 Å². The molecule has 1 aromatic heterocycles. The fourth-order valence-electron chi connectivity index (χ4n) is 2.41. The molecule has 98 valence electrons. The highest BCUT2D eigenvalue weighted by molar-refractivity contribution is 6.00. The first-order valence-corrected chi connectivity index (χ1v) is 6.41. The molecule has 0 aliphatic heterocycles. The smallest absolute Gasteiger partial charge is 0.248 e. The number of benzene rings is 2. The minimum atomic E-state index is -0.435. The van der Waals surface area contributed by atoms with Gasteiger partial charge < -0.3 is 5.73 Å². The lowest BCUT2D eigenvalue weighted by Crippen LogP contribution is -2.10. The average molecular weight is 262 g/mol. The molecule has 2 aromatic carbocycles. The quantitative estimate of drug-likeness (QED) is 0.770. The van der Waals surface area contributed by atoms with Crippen molar-refractivity contribution in [2.24, 2.45) is 5.73 Å². The molecule has 0 spiro atoms. The van der Waals surface area contributed by atoms with Crippen molar-refractivity contribution < 1.29 is 4.79 Å². The van der Waals surface area contributed by atoms with Crippen LogP contribution in [0.4, 0.5) is 0 Å². The first-order chi connectivity index (χ1) is 9.66. The Morgan fingerprint density at radius 3 is 2.60 bits per heavy atom. The highest BCUT2D eigenvalue weighted by Crippen LogP contribution is 2.30. The van der Waals surface area contributed by atoms with E-state index in [-0.39, 0.29) is 0 Å².